The molecule has 4 rings (SSSR count). The zero-order valence-electron chi connectivity index (χ0n) is 13.8. The Hall–Kier alpha value is -3.48. The molecule has 0 unspecified atom stereocenters. The smallest absolute Gasteiger partial charge is 0.287 e. The lowest BCUT2D eigenvalue weighted by Crippen LogP contribution is -2.22. The highest BCUT2D eigenvalue weighted by Gasteiger charge is 2.15. The van der Waals surface area contributed by atoms with E-state index in [2.05, 4.69) is 5.32 Å². The normalized spacial score (nSPS) is 12.2. The van der Waals surface area contributed by atoms with Crippen LogP contribution in [0.25, 0.3) is 0 Å². The van der Waals surface area contributed by atoms with E-state index in [1.807, 2.05) is 18.2 Å². The number of benzene rings is 1. The number of nitrogens with one attached hydrogen (secondary N) is 1. The van der Waals surface area contributed by atoms with Crippen LogP contribution in [0.4, 0.5) is 0 Å². The Labute approximate surface area is 148 Å². The minimum atomic E-state index is -0.325. The first-order valence-corrected chi connectivity index (χ1v) is 8.10. The van der Waals surface area contributed by atoms with Crippen LogP contribution in [-0.4, -0.2) is 17.3 Å². The number of fused-ring (bicyclic) bond motifs is 1. The van der Waals surface area contributed by atoms with Gasteiger partial charge in [-0.2, -0.15) is 0 Å². The van der Waals surface area contributed by atoms with Crippen molar-refractivity contribution < 1.29 is 18.7 Å². The molecule has 3 aromatic rings. The average Bonchev–Trinajstić information content (AvgIpc) is 3.30. The minimum absolute atomic E-state index is 0.127. The third-order valence-electron chi connectivity index (χ3n) is 4.00. The average molecular weight is 352 g/mol. The first-order chi connectivity index (χ1) is 12.7. The van der Waals surface area contributed by atoms with Gasteiger partial charge in [-0.1, -0.05) is 12.1 Å². The molecule has 0 aliphatic carbocycles. The zero-order valence-corrected chi connectivity index (χ0v) is 13.8. The first kappa shape index (κ1) is 16.0. The summed E-state index contributed by atoms with van der Waals surface area (Å²) < 4.78 is 17.6. The van der Waals surface area contributed by atoms with E-state index in [0.717, 1.165) is 5.56 Å². The highest BCUT2D eigenvalue weighted by atomic mass is 16.7. The van der Waals surface area contributed by atoms with Crippen molar-refractivity contribution in [1.29, 1.82) is 0 Å². The van der Waals surface area contributed by atoms with E-state index in [1.54, 1.807) is 30.5 Å². The lowest BCUT2D eigenvalue weighted by atomic mass is 10.2. The molecule has 7 heteroatoms. The van der Waals surface area contributed by atoms with Crippen molar-refractivity contribution in [2.75, 3.05) is 6.79 Å². The number of ether oxygens (including phenoxy) is 2. The van der Waals surface area contributed by atoms with Gasteiger partial charge >= 0.3 is 0 Å². The minimum Gasteiger partial charge on any atom is -0.454 e. The van der Waals surface area contributed by atoms with Gasteiger partial charge in [0.25, 0.3) is 11.5 Å². The Balaban J connectivity index is 1.39. The van der Waals surface area contributed by atoms with E-state index in [1.165, 1.54) is 10.6 Å². The summed E-state index contributed by atoms with van der Waals surface area (Å²) in [5, 5.41) is 2.80. The van der Waals surface area contributed by atoms with Gasteiger partial charge in [-0.3, -0.25) is 9.59 Å². The second-order valence-electron chi connectivity index (χ2n) is 5.80. The zero-order chi connectivity index (χ0) is 17.9. The van der Waals surface area contributed by atoms with E-state index in [4.69, 9.17) is 13.9 Å². The van der Waals surface area contributed by atoms with Gasteiger partial charge in [-0.15, -0.1) is 0 Å². The highest BCUT2D eigenvalue weighted by molar-refractivity contribution is 5.91. The topological polar surface area (TPSA) is 82.7 Å². The number of aromatic nitrogens is 1. The van der Waals surface area contributed by atoms with Crippen LogP contribution in [0.15, 0.2) is 63.9 Å². The largest absolute Gasteiger partial charge is 0.454 e. The molecule has 2 aromatic heterocycles. The van der Waals surface area contributed by atoms with Gasteiger partial charge in [-0.05, 0) is 35.9 Å². The van der Waals surface area contributed by atoms with E-state index < -0.39 is 0 Å². The Bertz CT molecular complexity index is 1000. The molecule has 0 radical (unpaired) electrons. The van der Waals surface area contributed by atoms with Gasteiger partial charge in [0.15, 0.2) is 17.3 Å². The van der Waals surface area contributed by atoms with Crippen LogP contribution in [-0.2, 0) is 13.1 Å². The molecule has 0 atom stereocenters. The molecule has 1 N–H and O–H groups in total. The van der Waals surface area contributed by atoms with Crippen LogP contribution in [0.3, 0.4) is 0 Å². The van der Waals surface area contributed by atoms with E-state index >= 15 is 0 Å². The summed E-state index contributed by atoms with van der Waals surface area (Å²) in [5.74, 6) is 1.78. The molecular formula is C19H16N2O5. The monoisotopic (exact) mass is 352 g/mol. The Morgan fingerprint density at radius 2 is 1.96 bits per heavy atom. The lowest BCUT2D eigenvalue weighted by Gasteiger charge is -2.05. The number of amides is 1. The molecule has 1 aliphatic heterocycles. The van der Waals surface area contributed by atoms with Gasteiger partial charge in [0.2, 0.25) is 6.79 Å². The van der Waals surface area contributed by atoms with Crippen molar-refractivity contribution in [2.45, 2.75) is 13.1 Å². The molecule has 1 aliphatic rings. The van der Waals surface area contributed by atoms with E-state index in [0.29, 0.717) is 23.8 Å². The molecule has 26 heavy (non-hydrogen) atoms. The molecule has 3 heterocycles. The molecule has 1 aromatic carbocycles. The van der Waals surface area contributed by atoms with Crippen molar-refractivity contribution in [3.05, 3.63) is 82.2 Å². The number of hydrogen-bond donors (Lipinski definition) is 1. The second kappa shape index (κ2) is 6.79. The Morgan fingerprint density at radius 3 is 2.85 bits per heavy atom. The SMILES string of the molecule is O=C(NCc1ccc2c(c1)OCO2)c1ccc(Cn2ccccc2=O)o1. The molecule has 0 spiro atoms. The van der Waals surface area contributed by atoms with Crippen LogP contribution in [0.1, 0.15) is 21.9 Å². The molecule has 7 nitrogen and oxygen atoms in total. The Morgan fingerprint density at radius 1 is 1.08 bits per heavy atom. The molecule has 1 amide bonds. The lowest BCUT2D eigenvalue weighted by molar-refractivity contribution is 0.0921. The number of furan rings is 1. The van der Waals surface area contributed by atoms with Crippen LogP contribution in [0.2, 0.25) is 0 Å². The van der Waals surface area contributed by atoms with Crippen molar-refractivity contribution in [3.63, 3.8) is 0 Å². The summed E-state index contributed by atoms with van der Waals surface area (Å²) in [6.45, 7) is 0.823. The molecular weight excluding hydrogens is 336 g/mol. The fourth-order valence-electron chi connectivity index (χ4n) is 2.66. The predicted octanol–water partition coefficient (Wildman–Crippen LogP) is 2.15. The van der Waals surface area contributed by atoms with Gasteiger partial charge < -0.3 is 23.8 Å². The maximum Gasteiger partial charge on any atom is 0.287 e. The number of pyridine rings is 1. The van der Waals surface area contributed by atoms with Crippen molar-refractivity contribution in [3.8, 4) is 11.5 Å². The maximum absolute atomic E-state index is 12.3. The predicted molar refractivity (Wildman–Crippen MR) is 92.2 cm³/mol. The van der Waals surface area contributed by atoms with Crippen LogP contribution >= 0.6 is 0 Å². The van der Waals surface area contributed by atoms with Crippen LogP contribution in [0, 0.1) is 0 Å². The standard InChI is InChI=1S/C19H16N2O5/c22-18-3-1-2-8-21(18)11-14-5-7-16(26-14)19(23)20-10-13-4-6-15-17(9-13)25-12-24-15/h1-9H,10-12H2,(H,20,23). The Kier molecular flexibility index (Phi) is 4.18. The summed E-state index contributed by atoms with van der Waals surface area (Å²) in [4.78, 5) is 24.0. The quantitative estimate of drug-likeness (QED) is 0.761. The summed E-state index contributed by atoms with van der Waals surface area (Å²) in [7, 11) is 0. The first-order valence-electron chi connectivity index (χ1n) is 8.10. The third kappa shape index (κ3) is 3.32. The van der Waals surface area contributed by atoms with E-state index in [-0.39, 0.29) is 30.6 Å². The number of carbonyl (C=O) groups excluding carboxylic acids is 1. The highest BCUT2D eigenvalue weighted by Crippen LogP contribution is 2.32. The summed E-state index contributed by atoms with van der Waals surface area (Å²) >= 11 is 0. The second-order valence-corrected chi connectivity index (χ2v) is 5.80. The summed E-state index contributed by atoms with van der Waals surface area (Å²) in [6, 6.07) is 13.7. The molecule has 132 valence electrons. The fraction of sp³-hybridized carbons (Fsp3) is 0.158. The number of carbonyl (C=O) groups is 1. The van der Waals surface area contributed by atoms with Gasteiger partial charge in [-0.25, -0.2) is 0 Å². The van der Waals surface area contributed by atoms with Crippen molar-refractivity contribution in [1.82, 2.24) is 9.88 Å². The van der Waals surface area contributed by atoms with Crippen LogP contribution in [0.5, 0.6) is 11.5 Å². The number of hydrogen-bond acceptors (Lipinski definition) is 5. The van der Waals surface area contributed by atoms with Crippen molar-refractivity contribution in [2.24, 2.45) is 0 Å². The molecule has 0 bridgehead atoms. The van der Waals surface area contributed by atoms with Gasteiger partial charge in [0, 0.05) is 18.8 Å². The van der Waals surface area contributed by atoms with Crippen molar-refractivity contribution >= 4 is 5.91 Å². The number of rotatable bonds is 5. The number of nitrogens with zero attached hydrogens (tertiary/aromatic N) is 1. The molecule has 0 saturated heterocycles. The molecule has 0 saturated carbocycles. The van der Waals surface area contributed by atoms with Gasteiger partial charge in [0.05, 0.1) is 6.54 Å². The molecule has 0 fully saturated rings. The third-order valence-corrected chi connectivity index (χ3v) is 4.00. The maximum atomic E-state index is 12.3. The summed E-state index contributed by atoms with van der Waals surface area (Å²) in [6.07, 6.45) is 1.67. The summed E-state index contributed by atoms with van der Waals surface area (Å²) in [5.41, 5.74) is 0.767. The van der Waals surface area contributed by atoms with E-state index in [9.17, 15) is 9.59 Å². The van der Waals surface area contributed by atoms with Gasteiger partial charge in [0.1, 0.15) is 5.76 Å². The fourth-order valence-corrected chi connectivity index (χ4v) is 2.66. The van der Waals surface area contributed by atoms with Crippen LogP contribution < -0.4 is 20.3 Å².